The van der Waals surface area contributed by atoms with Gasteiger partial charge in [-0.1, -0.05) is 6.07 Å². The molecule has 0 heterocycles. The number of benzene rings is 1. The molecule has 0 aliphatic rings. The normalized spacial score (nSPS) is 11.3. The monoisotopic (exact) mass is 237 g/mol. The van der Waals surface area contributed by atoms with Gasteiger partial charge in [0.15, 0.2) is 0 Å². The Morgan fingerprint density at radius 2 is 2.12 bits per heavy atom. The van der Waals surface area contributed by atoms with Crippen molar-refractivity contribution in [3.05, 3.63) is 29.3 Å². The lowest BCUT2D eigenvalue weighted by Gasteiger charge is -2.16. The molecule has 0 aromatic heterocycles. The first-order valence-corrected chi connectivity index (χ1v) is 5.55. The van der Waals surface area contributed by atoms with Gasteiger partial charge in [0.25, 0.3) is 0 Å². The van der Waals surface area contributed by atoms with E-state index in [9.17, 15) is 9.90 Å². The Bertz CT molecular complexity index is 408. The first kappa shape index (κ1) is 13.5. The number of nitrogen functional groups attached to an aromatic ring is 1. The average Bonchev–Trinajstić information content (AvgIpc) is 2.20. The molecule has 3 N–H and O–H groups in total. The van der Waals surface area contributed by atoms with E-state index in [-0.39, 0.29) is 6.61 Å². The summed E-state index contributed by atoms with van der Waals surface area (Å²) in [6.45, 7) is 5.41. The molecule has 0 radical (unpaired) electrons. The van der Waals surface area contributed by atoms with Crippen LogP contribution in [0.1, 0.15) is 36.2 Å². The van der Waals surface area contributed by atoms with Gasteiger partial charge in [-0.2, -0.15) is 0 Å². The van der Waals surface area contributed by atoms with Crippen molar-refractivity contribution in [2.45, 2.75) is 32.8 Å². The van der Waals surface area contributed by atoms with Gasteiger partial charge >= 0.3 is 5.97 Å². The molecular formula is C13H19NO3. The van der Waals surface area contributed by atoms with Gasteiger partial charge in [-0.3, -0.25) is 0 Å². The molecule has 1 aromatic rings. The molecule has 1 aromatic carbocycles. The minimum Gasteiger partial charge on any atom is -0.462 e. The van der Waals surface area contributed by atoms with Gasteiger partial charge in [0.05, 0.1) is 17.8 Å². The number of carbonyl (C=O) groups excluding carboxylic acids is 1. The van der Waals surface area contributed by atoms with Crippen molar-refractivity contribution in [3.63, 3.8) is 0 Å². The van der Waals surface area contributed by atoms with Crippen LogP contribution >= 0.6 is 0 Å². The summed E-state index contributed by atoms with van der Waals surface area (Å²) >= 11 is 0. The van der Waals surface area contributed by atoms with Crippen molar-refractivity contribution in [3.8, 4) is 0 Å². The van der Waals surface area contributed by atoms with Crippen molar-refractivity contribution in [2.24, 2.45) is 0 Å². The highest BCUT2D eigenvalue weighted by Crippen LogP contribution is 2.14. The molecule has 0 saturated heterocycles. The van der Waals surface area contributed by atoms with Crippen LogP contribution in [0.5, 0.6) is 0 Å². The molecule has 0 aliphatic carbocycles. The quantitative estimate of drug-likeness (QED) is 0.619. The molecule has 0 aliphatic heterocycles. The van der Waals surface area contributed by atoms with E-state index in [1.165, 1.54) is 0 Å². The van der Waals surface area contributed by atoms with Crippen LogP contribution in [-0.2, 0) is 4.74 Å². The third-order valence-corrected chi connectivity index (χ3v) is 2.46. The van der Waals surface area contributed by atoms with Crippen molar-refractivity contribution >= 4 is 11.7 Å². The lowest BCUT2D eigenvalue weighted by molar-refractivity contribution is 0.0244. The highest BCUT2D eigenvalue weighted by atomic mass is 16.5. The number of nitrogens with two attached hydrogens (primary N) is 1. The number of anilines is 1. The van der Waals surface area contributed by atoms with Gasteiger partial charge < -0.3 is 15.6 Å². The maximum absolute atomic E-state index is 11.6. The molecule has 0 fully saturated rings. The zero-order chi connectivity index (χ0) is 13.1. The zero-order valence-electron chi connectivity index (χ0n) is 10.5. The summed E-state index contributed by atoms with van der Waals surface area (Å²) in [5.41, 5.74) is 6.82. The Morgan fingerprint density at radius 1 is 1.47 bits per heavy atom. The van der Waals surface area contributed by atoms with Crippen LogP contribution in [0.25, 0.3) is 0 Å². The SMILES string of the molecule is Cc1ccc(C(=O)OCCC(C)(C)O)cc1N. The largest absolute Gasteiger partial charge is 0.462 e. The van der Waals surface area contributed by atoms with Gasteiger partial charge in [-0.25, -0.2) is 4.79 Å². The van der Waals surface area contributed by atoms with Gasteiger partial charge in [0, 0.05) is 12.1 Å². The van der Waals surface area contributed by atoms with Crippen LogP contribution in [0.4, 0.5) is 5.69 Å². The number of aryl methyl sites for hydroxylation is 1. The van der Waals surface area contributed by atoms with Gasteiger partial charge in [-0.05, 0) is 38.5 Å². The molecule has 94 valence electrons. The maximum Gasteiger partial charge on any atom is 0.338 e. The van der Waals surface area contributed by atoms with Crippen LogP contribution in [0, 0.1) is 6.92 Å². The molecule has 1 rings (SSSR count). The van der Waals surface area contributed by atoms with Crippen LogP contribution in [-0.4, -0.2) is 23.3 Å². The maximum atomic E-state index is 11.6. The fraction of sp³-hybridized carbons (Fsp3) is 0.462. The van der Waals surface area contributed by atoms with E-state index in [4.69, 9.17) is 10.5 Å². The number of carbonyl (C=O) groups is 1. The smallest absolute Gasteiger partial charge is 0.338 e. The topological polar surface area (TPSA) is 72.5 Å². The second-order valence-corrected chi connectivity index (χ2v) is 4.77. The van der Waals surface area contributed by atoms with Crippen molar-refractivity contribution in [1.82, 2.24) is 0 Å². The van der Waals surface area contributed by atoms with E-state index in [0.717, 1.165) is 5.56 Å². The minimum atomic E-state index is -0.827. The van der Waals surface area contributed by atoms with Crippen LogP contribution in [0.2, 0.25) is 0 Å². The number of hydrogen-bond acceptors (Lipinski definition) is 4. The van der Waals surface area contributed by atoms with Gasteiger partial charge in [-0.15, -0.1) is 0 Å². The predicted molar refractivity (Wildman–Crippen MR) is 66.8 cm³/mol. The molecule has 17 heavy (non-hydrogen) atoms. The summed E-state index contributed by atoms with van der Waals surface area (Å²) in [4.78, 5) is 11.6. The third kappa shape index (κ3) is 4.44. The number of aliphatic hydroxyl groups is 1. The second kappa shape index (κ2) is 5.19. The Morgan fingerprint density at radius 3 is 2.65 bits per heavy atom. The molecule has 0 spiro atoms. The fourth-order valence-corrected chi connectivity index (χ4v) is 1.24. The van der Waals surface area contributed by atoms with Crippen LogP contribution < -0.4 is 5.73 Å². The first-order chi connectivity index (χ1) is 7.79. The predicted octanol–water partition coefficient (Wildman–Crippen LogP) is 1.90. The molecule has 0 saturated carbocycles. The molecule has 0 atom stereocenters. The number of ether oxygens (including phenoxy) is 1. The van der Waals surface area contributed by atoms with Gasteiger partial charge in [0.1, 0.15) is 0 Å². The fourth-order valence-electron chi connectivity index (χ4n) is 1.24. The van der Waals surface area contributed by atoms with E-state index in [0.29, 0.717) is 17.7 Å². The Hall–Kier alpha value is -1.55. The zero-order valence-corrected chi connectivity index (χ0v) is 10.5. The number of hydrogen-bond donors (Lipinski definition) is 2. The van der Waals surface area contributed by atoms with Crippen LogP contribution in [0.15, 0.2) is 18.2 Å². The molecule has 0 amide bonds. The lowest BCUT2D eigenvalue weighted by Crippen LogP contribution is -2.22. The van der Waals surface area contributed by atoms with E-state index < -0.39 is 11.6 Å². The van der Waals surface area contributed by atoms with Crippen molar-refractivity contribution in [1.29, 1.82) is 0 Å². The molecule has 0 bridgehead atoms. The summed E-state index contributed by atoms with van der Waals surface area (Å²) in [5, 5.41) is 9.47. The Kier molecular flexibility index (Phi) is 4.12. The summed E-state index contributed by atoms with van der Waals surface area (Å²) < 4.78 is 5.04. The average molecular weight is 237 g/mol. The third-order valence-electron chi connectivity index (χ3n) is 2.46. The molecule has 4 nitrogen and oxygen atoms in total. The second-order valence-electron chi connectivity index (χ2n) is 4.77. The first-order valence-electron chi connectivity index (χ1n) is 5.55. The Labute approximate surface area is 101 Å². The Balaban J connectivity index is 2.56. The number of esters is 1. The van der Waals surface area contributed by atoms with E-state index in [1.807, 2.05) is 6.92 Å². The lowest BCUT2D eigenvalue weighted by atomic mass is 10.1. The van der Waals surface area contributed by atoms with Crippen molar-refractivity contribution < 1.29 is 14.6 Å². The summed E-state index contributed by atoms with van der Waals surface area (Å²) in [6, 6.07) is 5.06. The minimum absolute atomic E-state index is 0.191. The summed E-state index contributed by atoms with van der Waals surface area (Å²) in [5.74, 6) is -0.416. The van der Waals surface area contributed by atoms with Crippen LogP contribution in [0.3, 0.4) is 0 Å². The highest BCUT2D eigenvalue weighted by Gasteiger charge is 2.14. The van der Waals surface area contributed by atoms with E-state index in [1.54, 1.807) is 32.0 Å². The van der Waals surface area contributed by atoms with Crippen molar-refractivity contribution in [2.75, 3.05) is 12.3 Å². The van der Waals surface area contributed by atoms with Gasteiger partial charge in [0.2, 0.25) is 0 Å². The summed E-state index contributed by atoms with van der Waals surface area (Å²) in [6.07, 6.45) is 0.403. The molecule has 4 heteroatoms. The highest BCUT2D eigenvalue weighted by molar-refractivity contribution is 5.90. The standard InChI is InChI=1S/C13H19NO3/c1-9-4-5-10(8-11(9)14)12(15)17-7-6-13(2,3)16/h4-5,8,16H,6-7,14H2,1-3H3. The number of rotatable bonds is 4. The van der Waals surface area contributed by atoms with E-state index in [2.05, 4.69) is 0 Å². The van der Waals surface area contributed by atoms with E-state index >= 15 is 0 Å². The molecule has 0 unspecified atom stereocenters. The summed E-state index contributed by atoms with van der Waals surface area (Å²) in [7, 11) is 0. The molecular weight excluding hydrogens is 218 g/mol.